The molecule has 0 atom stereocenters. The molecule has 0 spiro atoms. The smallest absolute Gasteiger partial charge is 0.354 e. The number of nitrogens with one attached hydrogen (secondary N) is 1. The van der Waals surface area contributed by atoms with Gasteiger partial charge in [0.2, 0.25) is 0 Å². The molecule has 0 radical (unpaired) electrons. The van der Waals surface area contributed by atoms with Crippen LogP contribution in [0.25, 0.3) is 0 Å². The van der Waals surface area contributed by atoms with Crippen molar-refractivity contribution in [2.24, 2.45) is 0 Å². The van der Waals surface area contributed by atoms with Crippen molar-refractivity contribution in [3.8, 4) is 0 Å². The lowest BCUT2D eigenvalue weighted by molar-refractivity contribution is 0.0594. The van der Waals surface area contributed by atoms with E-state index in [0.717, 1.165) is 5.56 Å². The lowest BCUT2D eigenvalue weighted by atomic mass is 10.1. The van der Waals surface area contributed by atoms with Gasteiger partial charge in [0.1, 0.15) is 5.69 Å². The topological polar surface area (TPSA) is 59.2 Å². The maximum absolute atomic E-state index is 12.0. The Labute approximate surface area is 115 Å². The van der Waals surface area contributed by atoms with E-state index in [2.05, 4.69) is 9.72 Å². The van der Waals surface area contributed by atoms with Crippen LogP contribution in [-0.2, 0) is 11.2 Å². The number of carbonyl (C=O) groups excluding carboxylic acids is 2. The van der Waals surface area contributed by atoms with E-state index in [1.165, 1.54) is 7.11 Å². The van der Waals surface area contributed by atoms with Crippen LogP contribution in [-0.4, -0.2) is 23.8 Å². The van der Waals surface area contributed by atoms with E-state index in [1.54, 1.807) is 36.5 Å². The molecular formula is C14H12ClNO3. The molecule has 0 aliphatic heterocycles. The molecule has 0 bridgehead atoms. The first-order valence-electron chi connectivity index (χ1n) is 5.64. The highest BCUT2D eigenvalue weighted by Gasteiger charge is 2.12. The van der Waals surface area contributed by atoms with Crippen LogP contribution in [0.1, 0.15) is 26.4 Å². The van der Waals surface area contributed by atoms with Crippen LogP contribution in [0, 0.1) is 0 Å². The molecule has 1 heterocycles. The Kier molecular flexibility index (Phi) is 4.02. The summed E-state index contributed by atoms with van der Waals surface area (Å²) in [7, 11) is 1.31. The average Bonchev–Trinajstić information content (AvgIpc) is 2.87. The Morgan fingerprint density at radius 2 is 1.95 bits per heavy atom. The van der Waals surface area contributed by atoms with Gasteiger partial charge in [-0.2, -0.15) is 0 Å². The SMILES string of the molecule is COC(=O)c1cc(CC(=O)c2ccc(Cl)cc2)c[nH]1. The highest BCUT2D eigenvalue weighted by molar-refractivity contribution is 6.30. The van der Waals surface area contributed by atoms with E-state index in [1.807, 2.05) is 0 Å². The van der Waals surface area contributed by atoms with Gasteiger partial charge in [0.25, 0.3) is 0 Å². The maximum atomic E-state index is 12.0. The molecule has 0 aliphatic carbocycles. The molecule has 0 saturated heterocycles. The van der Waals surface area contributed by atoms with E-state index in [4.69, 9.17) is 11.6 Å². The van der Waals surface area contributed by atoms with Crippen LogP contribution in [0.3, 0.4) is 0 Å². The molecule has 4 nitrogen and oxygen atoms in total. The minimum Gasteiger partial charge on any atom is -0.464 e. The number of carbonyl (C=O) groups is 2. The monoisotopic (exact) mass is 277 g/mol. The van der Waals surface area contributed by atoms with Gasteiger partial charge in [-0.15, -0.1) is 0 Å². The minimum absolute atomic E-state index is 0.0351. The van der Waals surface area contributed by atoms with Crippen molar-refractivity contribution in [1.82, 2.24) is 4.98 Å². The van der Waals surface area contributed by atoms with Gasteiger partial charge in [-0.25, -0.2) is 4.79 Å². The molecule has 5 heteroatoms. The number of hydrogen-bond donors (Lipinski definition) is 1. The van der Waals surface area contributed by atoms with E-state index >= 15 is 0 Å². The van der Waals surface area contributed by atoms with Crippen LogP contribution in [0.2, 0.25) is 5.02 Å². The van der Waals surface area contributed by atoms with Gasteiger partial charge in [-0.3, -0.25) is 4.79 Å². The number of methoxy groups -OCH3 is 1. The fourth-order valence-electron chi connectivity index (χ4n) is 1.69. The second kappa shape index (κ2) is 5.71. The second-order valence-corrected chi connectivity index (χ2v) is 4.46. The summed E-state index contributed by atoms with van der Waals surface area (Å²) in [6.45, 7) is 0. The average molecular weight is 278 g/mol. The summed E-state index contributed by atoms with van der Waals surface area (Å²) < 4.78 is 4.58. The van der Waals surface area contributed by atoms with Crippen LogP contribution >= 0.6 is 11.6 Å². The first-order chi connectivity index (χ1) is 9.10. The highest BCUT2D eigenvalue weighted by atomic mass is 35.5. The van der Waals surface area contributed by atoms with E-state index in [0.29, 0.717) is 16.3 Å². The Morgan fingerprint density at radius 3 is 2.58 bits per heavy atom. The second-order valence-electron chi connectivity index (χ2n) is 4.02. The molecule has 98 valence electrons. The van der Waals surface area contributed by atoms with Crippen molar-refractivity contribution in [2.75, 3.05) is 7.11 Å². The Bertz CT molecular complexity index is 601. The van der Waals surface area contributed by atoms with Crippen LogP contribution in [0.4, 0.5) is 0 Å². The molecule has 0 aliphatic rings. The first kappa shape index (κ1) is 13.4. The summed E-state index contributed by atoms with van der Waals surface area (Å²) in [6.07, 6.45) is 1.84. The van der Waals surface area contributed by atoms with Crippen LogP contribution in [0.5, 0.6) is 0 Å². The fourth-order valence-corrected chi connectivity index (χ4v) is 1.82. The summed E-state index contributed by atoms with van der Waals surface area (Å²) in [4.78, 5) is 26.0. The largest absolute Gasteiger partial charge is 0.464 e. The minimum atomic E-state index is -0.454. The van der Waals surface area contributed by atoms with Crippen LogP contribution in [0.15, 0.2) is 36.5 Å². The highest BCUT2D eigenvalue weighted by Crippen LogP contribution is 2.13. The molecule has 1 aromatic heterocycles. The molecular weight excluding hydrogens is 266 g/mol. The number of Topliss-reactive ketones (excluding diaryl/α,β-unsaturated/α-hetero) is 1. The number of rotatable bonds is 4. The maximum Gasteiger partial charge on any atom is 0.354 e. The molecule has 19 heavy (non-hydrogen) atoms. The third-order valence-corrected chi connectivity index (χ3v) is 2.93. The number of benzene rings is 1. The normalized spacial score (nSPS) is 10.2. The standard InChI is InChI=1S/C14H12ClNO3/c1-19-14(18)12-6-9(8-16-12)7-13(17)10-2-4-11(15)5-3-10/h2-6,8,16H,7H2,1H3. The predicted molar refractivity (Wildman–Crippen MR) is 71.6 cm³/mol. The number of aromatic nitrogens is 1. The van der Waals surface area contributed by atoms with Gasteiger partial charge in [-0.1, -0.05) is 11.6 Å². The van der Waals surface area contributed by atoms with Gasteiger partial charge in [0.05, 0.1) is 7.11 Å². The van der Waals surface area contributed by atoms with Crippen molar-refractivity contribution >= 4 is 23.4 Å². The lowest BCUT2D eigenvalue weighted by Crippen LogP contribution is -2.03. The molecule has 1 aromatic carbocycles. The quantitative estimate of drug-likeness (QED) is 0.690. The van der Waals surface area contributed by atoms with E-state index in [-0.39, 0.29) is 12.2 Å². The first-order valence-corrected chi connectivity index (χ1v) is 6.02. The molecule has 0 fully saturated rings. The predicted octanol–water partition coefficient (Wildman–Crippen LogP) is 2.88. The lowest BCUT2D eigenvalue weighted by Gasteiger charge is -1.99. The Balaban J connectivity index is 2.08. The number of H-pyrrole nitrogens is 1. The number of aromatic amines is 1. The van der Waals surface area contributed by atoms with E-state index < -0.39 is 5.97 Å². The molecule has 0 saturated carbocycles. The Hall–Kier alpha value is -2.07. The third kappa shape index (κ3) is 3.23. The number of hydrogen-bond acceptors (Lipinski definition) is 3. The summed E-state index contributed by atoms with van der Waals surface area (Å²) >= 11 is 5.76. The fraction of sp³-hybridized carbons (Fsp3) is 0.143. The van der Waals surface area contributed by atoms with Crippen molar-refractivity contribution < 1.29 is 14.3 Å². The van der Waals surface area contributed by atoms with Crippen molar-refractivity contribution in [1.29, 1.82) is 0 Å². The van der Waals surface area contributed by atoms with Crippen molar-refractivity contribution in [2.45, 2.75) is 6.42 Å². The number of ketones is 1. The zero-order valence-corrected chi connectivity index (χ0v) is 11.0. The molecule has 2 rings (SSSR count). The van der Waals surface area contributed by atoms with Crippen molar-refractivity contribution in [3.63, 3.8) is 0 Å². The molecule has 1 N–H and O–H groups in total. The van der Waals surface area contributed by atoms with Gasteiger partial charge >= 0.3 is 5.97 Å². The third-order valence-electron chi connectivity index (χ3n) is 2.68. The Morgan fingerprint density at radius 1 is 1.26 bits per heavy atom. The summed E-state index contributed by atoms with van der Waals surface area (Å²) in [5, 5.41) is 0.589. The number of ether oxygens (including phenoxy) is 1. The van der Waals surface area contributed by atoms with Gasteiger partial charge in [0.15, 0.2) is 5.78 Å². The summed E-state index contributed by atoms with van der Waals surface area (Å²) in [6, 6.07) is 8.31. The summed E-state index contributed by atoms with van der Waals surface area (Å²) in [5.41, 5.74) is 1.66. The molecule has 0 amide bonds. The van der Waals surface area contributed by atoms with Gasteiger partial charge in [0, 0.05) is 23.2 Å². The van der Waals surface area contributed by atoms with Crippen molar-refractivity contribution in [3.05, 3.63) is 58.4 Å². The summed E-state index contributed by atoms with van der Waals surface area (Å²) in [5.74, 6) is -0.489. The number of halogens is 1. The van der Waals surface area contributed by atoms with Crippen LogP contribution < -0.4 is 0 Å². The molecule has 0 unspecified atom stereocenters. The van der Waals surface area contributed by atoms with Gasteiger partial charge < -0.3 is 9.72 Å². The molecule has 2 aromatic rings. The van der Waals surface area contributed by atoms with Gasteiger partial charge in [-0.05, 0) is 35.9 Å². The number of esters is 1. The van der Waals surface area contributed by atoms with E-state index in [9.17, 15) is 9.59 Å². The zero-order chi connectivity index (χ0) is 13.8. The zero-order valence-electron chi connectivity index (χ0n) is 10.3.